The van der Waals surface area contributed by atoms with Gasteiger partial charge in [-0.1, -0.05) is 33.6 Å². The predicted molar refractivity (Wildman–Crippen MR) is 88.7 cm³/mol. The Morgan fingerprint density at radius 3 is 2.50 bits per heavy atom. The summed E-state index contributed by atoms with van der Waals surface area (Å²) in [5, 5.41) is 0. The third kappa shape index (κ3) is 3.34. The van der Waals surface area contributed by atoms with Crippen molar-refractivity contribution in [1.29, 1.82) is 0 Å². The molecule has 2 rings (SSSR count). The summed E-state index contributed by atoms with van der Waals surface area (Å²) in [6, 6.07) is 12.6. The van der Waals surface area contributed by atoms with Gasteiger partial charge < -0.3 is 9.64 Å². The minimum absolute atomic E-state index is 0.812. The Morgan fingerprint density at radius 1 is 1.10 bits per heavy atom. The lowest BCUT2D eigenvalue weighted by Gasteiger charge is -2.23. The summed E-state index contributed by atoms with van der Waals surface area (Å²) in [6.07, 6.45) is 0. The van der Waals surface area contributed by atoms with Crippen LogP contribution in [-0.4, -0.2) is 14.2 Å². The number of anilines is 1. The van der Waals surface area contributed by atoms with E-state index in [0.717, 1.165) is 16.8 Å². The van der Waals surface area contributed by atoms with Crippen LogP contribution in [0.15, 0.2) is 40.9 Å². The fourth-order valence-corrected chi connectivity index (χ4v) is 2.85. The van der Waals surface area contributed by atoms with Crippen molar-refractivity contribution in [2.24, 2.45) is 0 Å². The summed E-state index contributed by atoms with van der Waals surface area (Å²) in [4.78, 5) is 2.25. The van der Waals surface area contributed by atoms with Crippen molar-refractivity contribution >= 4 is 21.6 Å². The lowest BCUT2D eigenvalue weighted by Crippen LogP contribution is -2.18. The molecule has 106 valence electrons. The van der Waals surface area contributed by atoms with Gasteiger partial charge in [0.15, 0.2) is 0 Å². The van der Waals surface area contributed by atoms with Gasteiger partial charge in [0.05, 0.1) is 7.11 Å². The standard InChI is InChI=1S/C17H20BrNO/c1-12-5-7-16(13(2)9-12)19(3)11-14-10-15(18)6-8-17(14)20-4/h5-10H,11H2,1-4H3. The van der Waals surface area contributed by atoms with E-state index in [4.69, 9.17) is 4.74 Å². The van der Waals surface area contributed by atoms with Crippen molar-refractivity contribution in [1.82, 2.24) is 0 Å². The Morgan fingerprint density at radius 2 is 1.85 bits per heavy atom. The van der Waals surface area contributed by atoms with Gasteiger partial charge in [0.25, 0.3) is 0 Å². The molecule has 0 amide bonds. The highest BCUT2D eigenvalue weighted by Gasteiger charge is 2.09. The predicted octanol–water partition coefficient (Wildman–Crippen LogP) is 4.71. The first-order valence-corrected chi connectivity index (χ1v) is 7.41. The molecule has 0 aliphatic heterocycles. The minimum atomic E-state index is 0.812. The van der Waals surface area contributed by atoms with Crippen LogP contribution in [0.3, 0.4) is 0 Å². The molecule has 0 N–H and O–H groups in total. The largest absolute Gasteiger partial charge is 0.496 e. The Kier molecular flexibility index (Phi) is 4.71. The lowest BCUT2D eigenvalue weighted by atomic mass is 10.1. The molecular formula is C17H20BrNO. The Hall–Kier alpha value is -1.48. The molecule has 2 nitrogen and oxygen atoms in total. The monoisotopic (exact) mass is 333 g/mol. The fourth-order valence-electron chi connectivity index (χ4n) is 2.45. The SMILES string of the molecule is COc1ccc(Br)cc1CN(C)c1ccc(C)cc1C. The Balaban J connectivity index is 2.27. The molecule has 2 aromatic carbocycles. The van der Waals surface area contributed by atoms with E-state index in [1.165, 1.54) is 22.4 Å². The fraction of sp³-hybridized carbons (Fsp3) is 0.294. The van der Waals surface area contributed by atoms with Gasteiger partial charge >= 0.3 is 0 Å². The van der Waals surface area contributed by atoms with Gasteiger partial charge in [0.1, 0.15) is 5.75 Å². The van der Waals surface area contributed by atoms with Gasteiger partial charge in [-0.3, -0.25) is 0 Å². The lowest BCUT2D eigenvalue weighted by molar-refractivity contribution is 0.409. The number of benzene rings is 2. The molecule has 0 saturated carbocycles. The highest BCUT2D eigenvalue weighted by atomic mass is 79.9. The third-order valence-corrected chi connectivity index (χ3v) is 3.91. The number of nitrogens with zero attached hydrogens (tertiary/aromatic N) is 1. The summed E-state index contributed by atoms with van der Waals surface area (Å²) in [7, 11) is 3.82. The Bertz CT molecular complexity index is 610. The zero-order valence-corrected chi connectivity index (χ0v) is 14.0. The maximum absolute atomic E-state index is 5.44. The molecule has 0 atom stereocenters. The number of hydrogen-bond acceptors (Lipinski definition) is 2. The number of ether oxygens (including phenoxy) is 1. The van der Waals surface area contributed by atoms with Crippen molar-refractivity contribution in [3.05, 3.63) is 57.6 Å². The smallest absolute Gasteiger partial charge is 0.123 e. The molecule has 0 bridgehead atoms. The average molecular weight is 334 g/mol. The van der Waals surface area contributed by atoms with E-state index >= 15 is 0 Å². The van der Waals surface area contributed by atoms with Crippen LogP contribution in [0.4, 0.5) is 5.69 Å². The van der Waals surface area contributed by atoms with Crippen LogP contribution in [0, 0.1) is 13.8 Å². The van der Waals surface area contributed by atoms with Gasteiger partial charge in [-0.2, -0.15) is 0 Å². The number of hydrogen-bond donors (Lipinski definition) is 0. The van der Waals surface area contributed by atoms with Crippen molar-refractivity contribution < 1.29 is 4.74 Å². The zero-order chi connectivity index (χ0) is 14.7. The van der Waals surface area contributed by atoms with Gasteiger partial charge in [-0.15, -0.1) is 0 Å². The molecule has 2 aromatic rings. The van der Waals surface area contributed by atoms with E-state index < -0.39 is 0 Å². The third-order valence-electron chi connectivity index (χ3n) is 3.41. The first kappa shape index (κ1) is 14.9. The zero-order valence-electron chi connectivity index (χ0n) is 12.4. The second-order valence-electron chi connectivity index (χ2n) is 5.10. The number of halogens is 1. The minimum Gasteiger partial charge on any atom is -0.496 e. The molecule has 0 unspecified atom stereocenters. The van der Waals surface area contributed by atoms with Gasteiger partial charge in [-0.05, 0) is 43.7 Å². The second-order valence-corrected chi connectivity index (χ2v) is 6.02. The molecule has 0 saturated heterocycles. The first-order chi connectivity index (χ1) is 9.51. The molecule has 0 radical (unpaired) electrons. The average Bonchev–Trinajstić information content (AvgIpc) is 2.38. The summed E-state index contributed by atoms with van der Waals surface area (Å²) < 4.78 is 6.51. The molecule has 20 heavy (non-hydrogen) atoms. The van der Waals surface area contributed by atoms with Crippen molar-refractivity contribution in [3.8, 4) is 5.75 Å². The van der Waals surface area contributed by atoms with Gasteiger partial charge in [0.2, 0.25) is 0 Å². The summed E-state index contributed by atoms with van der Waals surface area (Å²) >= 11 is 3.52. The van der Waals surface area contributed by atoms with Crippen LogP contribution in [0.2, 0.25) is 0 Å². The number of rotatable bonds is 4. The summed E-state index contributed by atoms with van der Waals surface area (Å²) in [6.45, 7) is 5.08. The maximum atomic E-state index is 5.44. The van der Waals surface area contributed by atoms with E-state index in [-0.39, 0.29) is 0 Å². The van der Waals surface area contributed by atoms with Crippen LogP contribution in [0.5, 0.6) is 5.75 Å². The number of aryl methyl sites for hydroxylation is 2. The second kappa shape index (κ2) is 6.31. The molecule has 0 fully saturated rings. The molecule has 0 aliphatic carbocycles. The van der Waals surface area contributed by atoms with Gasteiger partial charge in [0, 0.05) is 29.3 Å². The van der Waals surface area contributed by atoms with Crippen molar-refractivity contribution in [3.63, 3.8) is 0 Å². The molecular weight excluding hydrogens is 314 g/mol. The van der Waals surface area contributed by atoms with E-state index in [9.17, 15) is 0 Å². The van der Waals surface area contributed by atoms with E-state index in [0.29, 0.717) is 0 Å². The van der Waals surface area contributed by atoms with Gasteiger partial charge in [-0.25, -0.2) is 0 Å². The molecule has 3 heteroatoms. The summed E-state index contributed by atoms with van der Waals surface area (Å²) in [5.74, 6) is 0.921. The van der Waals surface area contributed by atoms with E-state index in [2.05, 4.69) is 66.0 Å². The number of methoxy groups -OCH3 is 1. The molecule has 0 aliphatic rings. The van der Waals surface area contributed by atoms with Crippen molar-refractivity contribution in [2.75, 3.05) is 19.1 Å². The van der Waals surface area contributed by atoms with E-state index in [1.54, 1.807) is 7.11 Å². The van der Waals surface area contributed by atoms with Crippen LogP contribution in [0.25, 0.3) is 0 Å². The van der Waals surface area contributed by atoms with Crippen LogP contribution < -0.4 is 9.64 Å². The topological polar surface area (TPSA) is 12.5 Å². The Labute approximate surface area is 129 Å². The first-order valence-electron chi connectivity index (χ1n) is 6.62. The normalized spacial score (nSPS) is 10.4. The molecule has 0 heterocycles. The molecule has 0 spiro atoms. The molecule has 0 aromatic heterocycles. The van der Waals surface area contributed by atoms with Crippen LogP contribution in [-0.2, 0) is 6.54 Å². The highest BCUT2D eigenvalue weighted by molar-refractivity contribution is 9.10. The van der Waals surface area contributed by atoms with Crippen molar-refractivity contribution in [2.45, 2.75) is 20.4 Å². The van der Waals surface area contributed by atoms with Crippen LogP contribution in [0.1, 0.15) is 16.7 Å². The highest BCUT2D eigenvalue weighted by Crippen LogP contribution is 2.27. The quantitative estimate of drug-likeness (QED) is 0.803. The van der Waals surface area contributed by atoms with E-state index in [1.807, 2.05) is 12.1 Å². The maximum Gasteiger partial charge on any atom is 0.123 e. The summed E-state index contributed by atoms with van der Waals surface area (Å²) in [5.41, 5.74) is 5.00. The van der Waals surface area contributed by atoms with Crippen LogP contribution >= 0.6 is 15.9 Å².